The van der Waals surface area contributed by atoms with E-state index in [0.717, 1.165) is 11.1 Å². The fourth-order valence-electron chi connectivity index (χ4n) is 5.56. The molecule has 32 heavy (non-hydrogen) atoms. The molecule has 0 spiro atoms. The second-order valence-corrected chi connectivity index (χ2v) is 8.42. The normalized spacial score (nSPS) is 26.8. The Balaban J connectivity index is 2.09. The van der Waals surface area contributed by atoms with E-state index in [-0.39, 0.29) is 24.8 Å². The van der Waals surface area contributed by atoms with Crippen molar-refractivity contribution in [2.24, 2.45) is 0 Å². The number of benzene rings is 2. The quantitative estimate of drug-likeness (QED) is 0.551. The number of carbonyl (C=O) groups excluding carboxylic acids is 2. The van der Waals surface area contributed by atoms with Crippen molar-refractivity contribution in [3.63, 3.8) is 0 Å². The van der Waals surface area contributed by atoms with Crippen LogP contribution < -0.4 is 0 Å². The topological polar surface area (TPSA) is 93.1 Å². The van der Waals surface area contributed by atoms with Crippen LogP contribution in [-0.2, 0) is 29.9 Å². The van der Waals surface area contributed by atoms with Crippen LogP contribution in [0.25, 0.3) is 0 Å². The van der Waals surface area contributed by atoms with Crippen LogP contribution in [0.4, 0.5) is 0 Å². The van der Waals surface area contributed by atoms with Crippen LogP contribution in [-0.4, -0.2) is 48.6 Å². The molecule has 3 rings (SSSR count). The number of esters is 2. The van der Waals surface area contributed by atoms with Gasteiger partial charge in [0.1, 0.15) is 0 Å². The first kappa shape index (κ1) is 24.0. The molecule has 6 heteroatoms. The summed E-state index contributed by atoms with van der Waals surface area (Å²) in [5, 5.41) is 22.6. The fourth-order valence-corrected chi connectivity index (χ4v) is 5.56. The summed E-state index contributed by atoms with van der Waals surface area (Å²) in [5.41, 5.74) is 0.174. The van der Waals surface area contributed by atoms with E-state index in [1.165, 1.54) is 14.2 Å². The molecule has 0 heterocycles. The Hall–Kier alpha value is -2.70. The van der Waals surface area contributed by atoms with Crippen molar-refractivity contribution in [3.05, 3.63) is 71.8 Å². The van der Waals surface area contributed by atoms with Gasteiger partial charge in [-0.3, -0.25) is 9.59 Å². The minimum absolute atomic E-state index is 0.223. The molecular formula is C26H32O6. The lowest BCUT2D eigenvalue weighted by Gasteiger charge is -2.67. The first-order chi connectivity index (χ1) is 15.4. The van der Waals surface area contributed by atoms with Gasteiger partial charge < -0.3 is 19.7 Å². The van der Waals surface area contributed by atoms with E-state index < -0.39 is 23.0 Å². The van der Waals surface area contributed by atoms with Gasteiger partial charge in [-0.2, -0.15) is 0 Å². The molecule has 1 fully saturated rings. The Kier molecular flexibility index (Phi) is 7.69. The number of ether oxygens (including phenoxy) is 2. The van der Waals surface area contributed by atoms with Crippen molar-refractivity contribution in [2.45, 2.75) is 61.6 Å². The number of rotatable bonds is 10. The highest BCUT2D eigenvalue weighted by molar-refractivity contribution is 5.69. The highest BCUT2D eigenvalue weighted by atomic mass is 16.5. The molecule has 172 valence electrons. The number of aliphatic hydroxyl groups is 2. The number of hydrogen-bond donors (Lipinski definition) is 2. The predicted molar refractivity (Wildman–Crippen MR) is 120 cm³/mol. The van der Waals surface area contributed by atoms with E-state index in [2.05, 4.69) is 0 Å². The third-order valence-corrected chi connectivity index (χ3v) is 7.04. The highest BCUT2D eigenvalue weighted by Gasteiger charge is 2.71. The average molecular weight is 441 g/mol. The van der Waals surface area contributed by atoms with Gasteiger partial charge in [0, 0.05) is 23.7 Å². The molecule has 0 aliphatic heterocycles. The molecule has 2 N–H and O–H groups in total. The smallest absolute Gasteiger partial charge is 0.305 e. The molecule has 0 aromatic heterocycles. The average Bonchev–Trinajstić information content (AvgIpc) is 2.85. The lowest BCUT2D eigenvalue weighted by atomic mass is 9.39. The van der Waals surface area contributed by atoms with E-state index in [1.807, 2.05) is 60.7 Å². The van der Waals surface area contributed by atoms with E-state index in [0.29, 0.717) is 25.7 Å². The third-order valence-electron chi connectivity index (χ3n) is 7.04. The van der Waals surface area contributed by atoms with Crippen molar-refractivity contribution in [1.29, 1.82) is 0 Å². The molecule has 4 unspecified atom stereocenters. The van der Waals surface area contributed by atoms with Crippen LogP contribution in [0.3, 0.4) is 0 Å². The van der Waals surface area contributed by atoms with Gasteiger partial charge in [-0.05, 0) is 36.8 Å². The second kappa shape index (κ2) is 10.3. The van der Waals surface area contributed by atoms with Gasteiger partial charge in [-0.25, -0.2) is 0 Å². The SMILES string of the molecule is COC(=O)CCCC1(c2ccccc2)C(O)C(O)C1(CCCC(=O)OC)c1ccccc1. The molecule has 2 aromatic rings. The molecular weight excluding hydrogens is 408 g/mol. The fraction of sp³-hybridized carbons (Fsp3) is 0.462. The first-order valence-electron chi connectivity index (χ1n) is 11.0. The lowest BCUT2D eigenvalue weighted by Crippen LogP contribution is -2.77. The number of hydrogen-bond acceptors (Lipinski definition) is 6. The highest BCUT2D eigenvalue weighted by Crippen LogP contribution is 2.63. The van der Waals surface area contributed by atoms with Crippen LogP contribution >= 0.6 is 0 Å². The lowest BCUT2D eigenvalue weighted by molar-refractivity contribution is -0.204. The van der Waals surface area contributed by atoms with Crippen molar-refractivity contribution >= 4 is 11.9 Å². The van der Waals surface area contributed by atoms with E-state index in [4.69, 9.17) is 9.47 Å². The van der Waals surface area contributed by atoms with Gasteiger partial charge in [0.2, 0.25) is 0 Å². The van der Waals surface area contributed by atoms with Gasteiger partial charge in [0.25, 0.3) is 0 Å². The minimum Gasteiger partial charge on any atom is -0.469 e. The monoisotopic (exact) mass is 440 g/mol. The molecule has 1 saturated carbocycles. The third kappa shape index (κ3) is 4.05. The first-order valence-corrected chi connectivity index (χ1v) is 11.0. The van der Waals surface area contributed by atoms with Gasteiger partial charge in [-0.1, -0.05) is 60.7 Å². The van der Waals surface area contributed by atoms with Crippen molar-refractivity contribution in [3.8, 4) is 0 Å². The standard InChI is InChI=1S/C26H32O6/c1-31-21(27)15-9-17-25(19-11-5-3-6-12-19)23(29)24(30)26(25,18-10-16-22(28)32-2)20-13-7-4-8-14-20/h3-8,11-14,23-24,29-30H,9-10,15-18H2,1-2H3. The minimum atomic E-state index is -1.01. The maximum Gasteiger partial charge on any atom is 0.305 e. The molecule has 0 radical (unpaired) electrons. The molecule has 0 amide bonds. The zero-order chi connectivity index (χ0) is 23.2. The molecule has 0 saturated heterocycles. The summed E-state index contributed by atoms with van der Waals surface area (Å²) in [4.78, 5) is 23.6. The van der Waals surface area contributed by atoms with Gasteiger partial charge >= 0.3 is 11.9 Å². The van der Waals surface area contributed by atoms with Crippen LogP contribution in [0.2, 0.25) is 0 Å². The second-order valence-electron chi connectivity index (χ2n) is 8.42. The summed E-state index contributed by atoms with van der Waals surface area (Å²) >= 11 is 0. The maximum atomic E-state index is 11.8. The van der Waals surface area contributed by atoms with Crippen LogP contribution in [0.15, 0.2) is 60.7 Å². The Morgan fingerprint density at radius 3 is 1.38 bits per heavy atom. The molecule has 6 nitrogen and oxygen atoms in total. The van der Waals surface area contributed by atoms with Gasteiger partial charge in [-0.15, -0.1) is 0 Å². The molecule has 1 aliphatic carbocycles. The van der Waals surface area contributed by atoms with E-state index >= 15 is 0 Å². The summed E-state index contributed by atoms with van der Waals surface area (Å²) in [5.74, 6) is -0.614. The van der Waals surface area contributed by atoms with Crippen LogP contribution in [0, 0.1) is 0 Å². The zero-order valence-corrected chi connectivity index (χ0v) is 18.7. The molecule has 2 aromatic carbocycles. The molecule has 1 aliphatic rings. The largest absolute Gasteiger partial charge is 0.469 e. The zero-order valence-electron chi connectivity index (χ0n) is 18.7. The Morgan fingerprint density at radius 1 is 0.719 bits per heavy atom. The van der Waals surface area contributed by atoms with Gasteiger partial charge in [0.15, 0.2) is 0 Å². The van der Waals surface area contributed by atoms with E-state index in [1.54, 1.807) is 0 Å². The van der Waals surface area contributed by atoms with Crippen LogP contribution in [0.5, 0.6) is 0 Å². The number of carbonyl (C=O) groups is 2. The summed E-state index contributed by atoms with van der Waals surface area (Å²) in [6.45, 7) is 0. The van der Waals surface area contributed by atoms with Crippen molar-refractivity contribution < 1.29 is 29.3 Å². The summed E-state index contributed by atoms with van der Waals surface area (Å²) in [7, 11) is 2.72. The van der Waals surface area contributed by atoms with Crippen LogP contribution in [0.1, 0.15) is 49.7 Å². The Labute approximate surface area is 189 Å². The summed E-state index contributed by atoms with van der Waals surface area (Å²) < 4.78 is 9.62. The number of methoxy groups -OCH3 is 2. The predicted octanol–water partition coefficient (Wildman–Crippen LogP) is 3.28. The Morgan fingerprint density at radius 2 is 1.06 bits per heavy atom. The maximum absolute atomic E-state index is 11.8. The molecule has 0 bridgehead atoms. The summed E-state index contributed by atoms with van der Waals surface area (Å²) in [6, 6.07) is 19.3. The number of aliphatic hydroxyl groups excluding tert-OH is 2. The molecule has 4 atom stereocenters. The summed E-state index contributed by atoms with van der Waals surface area (Å²) in [6.07, 6.45) is 0.381. The van der Waals surface area contributed by atoms with E-state index in [9.17, 15) is 19.8 Å². The van der Waals surface area contributed by atoms with Crippen molar-refractivity contribution in [2.75, 3.05) is 14.2 Å². The van der Waals surface area contributed by atoms with Crippen molar-refractivity contribution in [1.82, 2.24) is 0 Å². The Bertz CT molecular complexity index is 824. The van der Waals surface area contributed by atoms with Gasteiger partial charge in [0.05, 0.1) is 26.4 Å².